The van der Waals surface area contributed by atoms with Gasteiger partial charge in [0.05, 0.1) is 5.56 Å². The van der Waals surface area contributed by atoms with Gasteiger partial charge < -0.3 is 4.74 Å². The summed E-state index contributed by atoms with van der Waals surface area (Å²) in [6.07, 6.45) is 1.55. The molecule has 1 aromatic rings. The number of fused-ring (bicyclic) bond motifs is 1. The minimum Gasteiger partial charge on any atom is -0.481 e. The van der Waals surface area contributed by atoms with Crippen molar-refractivity contribution in [3.05, 3.63) is 29.3 Å². The maximum atomic E-state index is 11.8. The molecule has 2 heteroatoms. The SMILES string of the molecule is CCCC1Oc2c(C)cccc2C1=O. The summed E-state index contributed by atoms with van der Waals surface area (Å²) in [5.41, 5.74) is 1.80. The molecule has 0 spiro atoms. The molecule has 0 saturated carbocycles. The van der Waals surface area contributed by atoms with E-state index in [-0.39, 0.29) is 11.9 Å². The van der Waals surface area contributed by atoms with Gasteiger partial charge in [-0.05, 0) is 25.0 Å². The third-order valence-electron chi connectivity index (χ3n) is 2.58. The number of hydrogen-bond acceptors (Lipinski definition) is 2. The van der Waals surface area contributed by atoms with E-state index in [1.165, 1.54) is 0 Å². The molecule has 1 aromatic carbocycles. The van der Waals surface area contributed by atoms with Crippen LogP contribution in [0.2, 0.25) is 0 Å². The summed E-state index contributed by atoms with van der Waals surface area (Å²) in [5.74, 6) is 0.932. The summed E-state index contributed by atoms with van der Waals surface area (Å²) in [5, 5.41) is 0. The number of carbonyl (C=O) groups excluding carboxylic acids is 1. The molecule has 1 heterocycles. The fourth-order valence-electron chi connectivity index (χ4n) is 1.82. The van der Waals surface area contributed by atoms with Gasteiger partial charge in [-0.25, -0.2) is 0 Å². The van der Waals surface area contributed by atoms with Gasteiger partial charge in [-0.3, -0.25) is 4.79 Å². The van der Waals surface area contributed by atoms with Crippen molar-refractivity contribution < 1.29 is 9.53 Å². The first-order valence-electron chi connectivity index (χ1n) is 5.04. The van der Waals surface area contributed by atoms with Gasteiger partial charge in [0.2, 0.25) is 5.78 Å². The molecular weight excluding hydrogens is 176 g/mol. The van der Waals surface area contributed by atoms with Crippen LogP contribution in [0.1, 0.15) is 35.7 Å². The highest BCUT2D eigenvalue weighted by Crippen LogP contribution is 2.33. The Morgan fingerprint density at radius 3 is 2.86 bits per heavy atom. The fourth-order valence-corrected chi connectivity index (χ4v) is 1.82. The van der Waals surface area contributed by atoms with Gasteiger partial charge in [0.1, 0.15) is 5.75 Å². The number of rotatable bonds is 2. The number of benzene rings is 1. The van der Waals surface area contributed by atoms with Crippen LogP contribution in [-0.4, -0.2) is 11.9 Å². The summed E-state index contributed by atoms with van der Waals surface area (Å²) in [6, 6.07) is 5.73. The quantitative estimate of drug-likeness (QED) is 0.716. The normalized spacial score (nSPS) is 19.3. The van der Waals surface area contributed by atoms with Crippen molar-refractivity contribution in [2.24, 2.45) is 0 Å². The monoisotopic (exact) mass is 190 g/mol. The van der Waals surface area contributed by atoms with Crippen molar-refractivity contribution in [1.29, 1.82) is 0 Å². The van der Waals surface area contributed by atoms with Crippen LogP contribution in [0, 0.1) is 6.92 Å². The van der Waals surface area contributed by atoms with Crippen LogP contribution in [-0.2, 0) is 0 Å². The highest BCUT2D eigenvalue weighted by Gasteiger charge is 2.32. The number of para-hydroxylation sites is 1. The van der Waals surface area contributed by atoms with Crippen molar-refractivity contribution in [2.45, 2.75) is 32.8 Å². The van der Waals surface area contributed by atoms with Gasteiger partial charge >= 0.3 is 0 Å². The standard InChI is InChI=1S/C12H14O2/c1-3-5-10-11(13)9-7-4-6-8(2)12(9)14-10/h4,6-7,10H,3,5H2,1-2H3. The van der Waals surface area contributed by atoms with E-state index in [4.69, 9.17) is 4.74 Å². The smallest absolute Gasteiger partial charge is 0.207 e. The molecule has 0 radical (unpaired) electrons. The number of carbonyl (C=O) groups is 1. The Kier molecular flexibility index (Phi) is 2.28. The zero-order valence-corrected chi connectivity index (χ0v) is 8.54. The van der Waals surface area contributed by atoms with E-state index in [0.717, 1.165) is 29.7 Å². The van der Waals surface area contributed by atoms with E-state index in [2.05, 4.69) is 6.92 Å². The van der Waals surface area contributed by atoms with Crippen LogP contribution in [0.3, 0.4) is 0 Å². The van der Waals surface area contributed by atoms with Gasteiger partial charge in [0.25, 0.3) is 0 Å². The first-order valence-corrected chi connectivity index (χ1v) is 5.04. The second-order valence-corrected chi connectivity index (χ2v) is 3.71. The number of hydrogen-bond donors (Lipinski definition) is 0. The Hall–Kier alpha value is -1.31. The number of ether oxygens (including phenoxy) is 1. The highest BCUT2D eigenvalue weighted by molar-refractivity contribution is 6.04. The topological polar surface area (TPSA) is 26.3 Å². The van der Waals surface area contributed by atoms with Crippen molar-refractivity contribution >= 4 is 5.78 Å². The van der Waals surface area contributed by atoms with E-state index in [1.807, 2.05) is 25.1 Å². The third kappa shape index (κ3) is 1.31. The predicted molar refractivity (Wildman–Crippen MR) is 54.8 cm³/mol. The van der Waals surface area contributed by atoms with Crippen LogP contribution in [0.5, 0.6) is 5.75 Å². The first-order chi connectivity index (χ1) is 6.74. The molecule has 0 fully saturated rings. The molecule has 0 saturated heterocycles. The molecule has 0 aliphatic carbocycles. The van der Waals surface area contributed by atoms with Gasteiger partial charge in [-0.1, -0.05) is 25.5 Å². The predicted octanol–water partition coefficient (Wildman–Crippen LogP) is 2.74. The van der Waals surface area contributed by atoms with Crippen LogP contribution in [0.15, 0.2) is 18.2 Å². The van der Waals surface area contributed by atoms with E-state index in [0.29, 0.717) is 0 Å². The summed E-state index contributed by atoms with van der Waals surface area (Å²) < 4.78 is 5.64. The molecule has 0 aromatic heterocycles. The Morgan fingerprint density at radius 1 is 1.43 bits per heavy atom. The zero-order valence-electron chi connectivity index (χ0n) is 8.54. The highest BCUT2D eigenvalue weighted by atomic mass is 16.5. The van der Waals surface area contributed by atoms with Crippen LogP contribution in [0.25, 0.3) is 0 Å². The van der Waals surface area contributed by atoms with Crippen molar-refractivity contribution in [1.82, 2.24) is 0 Å². The lowest BCUT2D eigenvalue weighted by Crippen LogP contribution is -2.19. The Bertz CT molecular complexity index is 369. The van der Waals surface area contributed by atoms with Gasteiger partial charge in [0.15, 0.2) is 6.10 Å². The van der Waals surface area contributed by atoms with Crippen LogP contribution in [0.4, 0.5) is 0 Å². The van der Waals surface area contributed by atoms with E-state index >= 15 is 0 Å². The second kappa shape index (κ2) is 3.45. The van der Waals surface area contributed by atoms with E-state index in [9.17, 15) is 4.79 Å². The van der Waals surface area contributed by atoms with Crippen molar-refractivity contribution in [3.8, 4) is 5.75 Å². The molecule has 0 N–H and O–H groups in total. The molecule has 2 nitrogen and oxygen atoms in total. The molecule has 74 valence electrons. The average molecular weight is 190 g/mol. The fraction of sp³-hybridized carbons (Fsp3) is 0.417. The third-order valence-corrected chi connectivity index (χ3v) is 2.58. The Morgan fingerprint density at radius 2 is 2.21 bits per heavy atom. The maximum absolute atomic E-state index is 11.8. The van der Waals surface area contributed by atoms with E-state index in [1.54, 1.807) is 0 Å². The largest absolute Gasteiger partial charge is 0.481 e. The van der Waals surface area contributed by atoms with Gasteiger partial charge in [-0.2, -0.15) is 0 Å². The number of ketones is 1. The maximum Gasteiger partial charge on any atom is 0.207 e. The number of aryl methyl sites for hydroxylation is 1. The molecule has 1 aliphatic rings. The minimum absolute atomic E-state index is 0.144. The molecular formula is C12H14O2. The molecule has 2 rings (SSSR count). The average Bonchev–Trinajstić information content (AvgIpc) is 2.48. The van der Waals surface area contributed by atoms with Gasteiger partial charge in [0, 0.05) is 0 Å². The molecule has 1 aliphatic heterocycles. The summed E-state index contributed by atoms with van der Waals surface area (Å²) in [6.45, 7) is 4.03. The minimum atomic E-state index is -0.240. The summed E-state index contributed by atoms with van der Waals surface area (Å²) >= 11 is 0. The lowest BCUT2D eigenvalue weighted by Gasteiger charge is -2.07. The first kappa shape index (κ1) is 9.25. The Balaban J connectivity index is 2.35. The molecule has 0 bridgehead atoms. The lowest BCUT2D eigenvalue weighted by atomic mass is 10.0. The van der Waals surface area contributed by atoms with Gasteiger partial charge in [-0.15, -0.1) is 0 Å². The van der Waals surface area contributed by atoms with Crippen molar-refractivity contribution in [2.75, 3.05) is 0 Å². The van der Waals surface area contributed by atoms with E-state index < -0.39 is 0 Å². The molecule has 14 heavy (non-hydrogen) atoms. The molecule has 1 atom stereocenters. The zero-order chi connectivity index (χ0) is 10.1. The number of Topliss-reactive ketones (excluding diaryl/α,β-unsaturated/α-hetero) is 1. The van der Waals surface area contributed by atoms with Crippen LogP contribution < -0.4 is 4.74 Å². The summed E-state index contributed by atoms with van der Waals surface area (Å²) in [4.78, 5) is 11.8. The molecule has 1 unspecified atom stereocenters. The lowest BCUT2D eigenvalue weighted by molar-refractivity contribution is 0.0845. The van der Waals surface area contributed by atoms with Crippen molar-refractivity contribution in [3.63, 3.8) is 0 Å². The second-order valence-electron chi connectivity index (χ2n) is 3.71. The summed E-state index contributed by atoms with van der Waals surface area (Å²) in [7, 11) is 0. The molecule has 0 amide bonds. The van der Waals surface area contributed by atoms with Crippen LogP contribution >= 0.6 is 0 Å². The Labute approximate surface area is 83.9 Å².